The first kappa shape index (κ1) is 13.8. The van der Waals surface area contributed by atoms with Crippen LogP contribution in [0.25, 0.3) is 0 Å². The summed E-state index contributed by atoms with van der Waals surface area (Å²) in [5.41, 5.74) is 6.00. The standard InChI is InChI=1S/C12H16N2O4/c1-14(2)11(15)5-6-18-10-4-3-8(12(16)17)7-9(10)13/h3-4,7H,5-6,13H2,1-2H3,(H,16,17). The first-order chi connectivity index (χ1) is 8.41. The molecule has 0 atom stereocenters. The first-order valence-electron chi connectivity index (χ1n) is 5.37. The largest absolute Gasteiger partial charge is 0.491 e. The molecule has 0 radical (unpaired) electrons. The minimum absolute atomic E-state index is 0.0456. The van der Waals surface area contributed by atoms with E-state index >= 15 is 0 Å². The molecule has 0 aliphatic carbocycles. The normalized spacial score (nSPS) is 9.89. The number of ether oxygens (including phenoxy) is 1. The lowest BCUT2D eigenvalue weighted by atomic mass is 10.2. The summed E-state index contributed by atoms with van der Waals surface area (Å²) in [4.78, 5) is 23.5. The van der Waals surface area contributed by atoms with Crippen LogP contribution in [-0.2, 0) is 4.79 Å². The van der Waals surface area contributed by atoms with Crippen LogP contribution in [0.2, 0.25) is 0 Å². The minimum atomic E-state index is -1.05. The summed E-state index contributed by atoms with van der Waals surface area (Å²) in [6.45, 7) is 0.202. The molecule has 0 bridgehead atoms. The van der Waals surface area contributed by atoms with Crippen LogP contribution in [0.4, 0.5) is 5.69 Å². The lowest BCUT2D eigenvalue weighted by Gasteiger charge is -2.12. The zero-order valence-electron chi connectivity index (χ0n) is 10.3. The van der Waals surface area contributed by atoms with Gasteiger partial charge in [-0.1, -0.05) is 0 Å². The monoisotopic (exact) mass is 252 g/mol. The van der Waals surface area contributed by atoms with Crippen LogP contribution >= 0.6 is 0 Å². The topological polar surface area (TPSA) is 92.9 Å². The van der Waals surface area contributed by atoms with Gasteiger partial charge in [0, 0.05) is 14.1 Å². The maximum Gasteiger partial charge on any atom is 0.335 e. The number of hydrogen-bond donors (Lipinski definition) is 2. The maximum absolute atomic E-state index is 11.3. The van der Waals surface area contributed by atoms with Gasteiger partial charge in [0.2, 0.25) is 5.91 Å². The lowest BCUT2D eigenvalue weighted by molar-refractivity contribution is -0.129. The number of rotatable bonds is 5. The second kappa shape index (κ2) is 5.90. The zero-order valence-corrected chi connectivity index (χ0v) is 10.3. The van der Waals surface area contributed by atoms with Crippen molar-refractivity contribution in [1.82, 2.24) is 4.90 Å². The van der Waals surface area contributed by atoms with E-state index in [9.17, 15) is 9.59 Å². The van der Waals surface area contributed by atoms with E-state index in [2.05, 4.69) is 0 Å². The number of nitrogen functional groups attached to an aromatic ring is 1. The number of amides is 1. The summed E-state index contributed by atoms with van der Waals surface area (Å²) in [7, 11) is 3.33. The van der Waals surface area contributed by atoms with Gasteiger partial charge < -0.3 is 20.5 Å². The van der Waals surface area contributed by atoms with Crippen LogP contribution < -0.4 is 10.5 Å². The molecule has 0 saturated carbocycles. The van der Waals surface area contributed by atoms with Gasteiger partial charge in [0.25, 0.3) is 0 Å². The van der Waals surface area contributed by atoms with Crippen LogP contribution in [0.3, 0.4) is 0 Å². The fourth-order valence-corrected chi connectivity index (χ4v) is 1.28. The Balaban J connectivity index is 2.58. The Hall–Kier alpha value is -2.24. The highest BCUT2D eigenvalue weighted by atomic mass is 16.5. The van der Waals surface area contributed by atoms with Gasteiger partial charge in [-0.05, 0) is 18.2 Å². The predicted octanol–water partition coefficient (Wildman–Crippen LogP) is 0.824. The van der Waals surface area contributed by atoms with Crippen molar-refractivity contribution >= 4 is 17.6 Å². The number of nitrogens with zero attached hydrogens (tertiary/aromatic N) is 1. The van der Waals surface area contributed by atoms with E-state index in [1.54, 1.807) is 14.1 Å². The molecule has 0 fully saturated rings. The molecular weight excluding hydrogens is 236 g/mol. The number of carbonyl (C=O) groups excluding carboxylic acids is 1. The summed E-state index contributed by atoms with van der Waals surface area (Å²) >= 11 is 0. The highest BCUT2D eigenvalue weighted by Crippen LogP contribution is 2.22. The number of nitrogens with two attached hydrogens (primary N) is 1. The van der Waals surface area contributed by atoms with Crippen molar-refractivity contribution in [3.8, 4) is 5.75 Å². The van der Waals surface area contributed by atoms with Crippen LogP contribution in [-0.4, -0.2) is 42.6 Å². The molecular formula is C12H16N2O4. The Morgan fingerprint density at radius 3 is 2.56 bits per heavy atom. The summed E-state index contributed by atoms with van der Waals surface area (Å²) in [5.74, 6) is -0.710. The van der Waals surface area contributed by atoms with Crippen LogP contribution in [0.1, 0.15) is 16.8 Å². The zero-order chi connectivity index (χ0) is 13.7. The van der Waals surface area contributed by atoms with E-state index < -0.39 is 5.97 Å². The van der Waals surface area contributed by atoms with Crippen LogP contribution in [0.15, 0.2) is 18.2 Å². The van der Waals surface area contributed by atoms with E-state index in [0.717, 1.165) is 0 Å². The molecule has 6 nitrogen and oxygen atoms in total. The molecule has 0 aliphatic heterocycles. The third kappa shape index (κ3) is 3.65. The van der Waals surface area contributed by atoms with E-state index in [0.29, 0.717) is 5.75 Å². The molecule has 0 aliphatic rings. The number of hydrogen-bond acceptors (Lipinski definition) is 4. The van der Waals surface area contributed by atoms with Crippen molar-refractivity contribution in [2.24, 2.45) is 0 Å². The van der Waals surface area contributed by atoms with E-state index in [1.807, 2.05) is 0 Å². The van der Waals surface area contributed by atoms with Crippen molar-refractivity contribution in [3.05, 3.63) is 23.8 Å². The third-order valence-corrected chi connectivity index (χ3v) is 2.33. The average molecular weight is 252 g/mol. The second-order valence-corrected chi connectivity index (χ2v) is 3.94. The predicted molar refractivity (Wildman–Crippen MR) is 66.6 cm³/mol. The van der Waals surface area contributed by atoms with E-state index in [-0.39, 0.29) is 30.2 Å². The Morgan fingerprint density at radius 2 is 2.06 bits per heavy atom. The number of anilines is 1. The van der Waals surface area contributed by atoms with Gasteiger partial charge in [-0.3, -0.25) is 4.79 Å². The fraction of sp³-hybridized carbons (Fsp3) is 0.333. The molecule has 98 valence electrons. The van der Waals surface area contributed by atoms with Gasteiger partial charge in [0.05, 0.1) is 24.3 Å². The van der Waals surface area contributed by atoms with Gasteiger partial charge in [-0.2, -0.15) is 0 Å². The Bertz CT molecular complexity index is 457. The fourth-order valence-electron chi connectivity index (χ4n) is 1.28. The van der Waals surface area contributed by atoms with Crippen molar-refractivity contribution in [2.45, 2.75) is 6.42 Å². The van der Waals surface area contributed by atoms with E-state index in [4.69, 9.17) is 15.6 Å². The van der Waals surface area contributed by atoms with Crippen LogP contribution in [0.5, 0.6) is 5.75 Å². The molecule has 1 amide bonds. The van der Waals surface area contributed by atoms with Gasteiger partial charge in [0.1, 0.15) is 5.75 Å². The average Bonchev–Trinajstić information content (AvgIpc) is 2.30. The van der Waals surface area contributed by atoms with Crippen molar-refractivity contribution in [2.75, 3.05) is 26.4 Å². The van der Waals surface area contributed by atoms with Gasteiger partial charge >= 0.3 is 5.97 Å². The van der Waals surface area contributed by atoms with Gasteiger partial charge in [-0.25, -0.2) is 4.79 Å². The second-order valence-electron chi connectivity index (χ2n) is 3.94. The molecule has 0 heterocycles. The molecule has 0 spiro atoms. The molecule has 18 heavy (non-hydrogen) atoms. The number of benzene rings is 1. The summed E-state index contributed by atoms with van der Waals surface area (Å²) in [6.07, 6.45) is 0.243. The molecule has 1 rings (SSSR count). The molecule has 1 aromatic carbocycles. The third-order valence-electron chi connectivity index (χ3n) is 2.33. The number of carboxylic acid groups (broad SMARTS) is 1. The minimum Gasteiger partial charge on any atom is -0.491 e. The number of carboxylic acids is 1. The van der Waals surface area contributed by atoms with E-state index in [1.165, 1.54) is 23.1 Å². The Morgan fingerprint density at radius 1 is 1.39 bits per heavy atom. The molecule has 0 aromatic heterocycles. The van der Waals surface area contributed by atoms with Crippen LogP contribution in [0, 0.1) is 0 Å². The molecule has 0 saturated heterocycles. The van der Waals surface area contributed by atoms with Crippen molar-refractivity contribution in [1.29, 1.82) is 0 Å². The lowest BCUT2D eigenvalue weighted by Crippen LogP contribution is -2.23. The maximum atomic E-state index is 11.3. The molecule has 0 unspecified atom stereocenters. The highest BCUT2D eigenvalue weighted by molar-refractivity contribution is 5.89. The summed E-state index contributed by atoms with van der Waals surface area (Å²) in [5, 5.41) is 8.76. The number of aromatic carboxylic acids is 1. The molecule has 6 heteroatoms. The quantitative estimate of drug-likeness (QED) is 0.757. The highest BCUT2D eigenvalue weighted by Gasteiger charge is 2.08. The van der Waals surface area contributed by atoms with Gasteiger partial charge in [0.15, 0.2) is 0 Å². The molecule has 1 aromatic rings. The first-order valence-corrected chi connectivity index (χ1v) is 5.37. The Kier molecular flexibility index (Phi) is 4.53. The summed E-state index contributed by atoms with van der Waals surface area (Å²) < 4.78 is 5.33. The summed E-state index contributed by atoms with van der Waals surface area (Å²) in [6, 6.07) is 4.21. The van der Waals surface area contributed by atoms with Crippen molar-refractivity contribution < 1.29 is 19.4 Å². The number of carbonyl (C=O) groups is 2. The Labute approximate surface area is 105 Å². The smallest absolute Gasteiger partial charge is 0.335 e. The van der Waals surface area contributed by atoms with Gasteiger partial charge in [-0.15, -0.1) is 0 Å². The van der Waals surface area contributed by atoms with Crippen molar-refractivity contribution in [3.63, 3.8) is 0 Å². The molecule has 3 N–H and O–H groups in total. The SMILES string of the molecule is CN(C)C(=O)CCOc1ccc(C(=O)O)cc1N.